The highest BCUT2D eigenvalue weighted by molar-refractivity contribution is 4.81. The highest BCUT2D eigenvalue weighted by Gasteiger charge is 2.00. The first kappa shape index (κ1) is 20.5. The Morgan fingerprint density at radius 3 is 2.24 bits per heavy atom. The fraction of sp³-hybridized carbons (Fsp3) is 0.895. The molecule has 0 spiro atoms. The van der Waals surface area contributed by atoms with Gasteiger partial charge in [-0.2, -0.15) is 0 Å². The van der Waals surface area contributed by atoms with E-state index in [-0.39, 0.29) is 6.10 Å². The monoisotopic (exact) mass is 298 g/mol. The summed E-state index contributed by atoms with van der Waals surface area (Å²) in [6, 6.07) is 0. The standard InChI is InChI=1S/C19H38O2/c1-4-6-7-9-12-15-18(3)21-17-14-11-8-10-13-16-19(20)5-2/h19-20H,3-17H2,1-2H3. The number of rotatable bonds is 16. The van der Waals surface area contributed by atoms with Gasteiger partial charge in [0, 0.05) is 6.42 Å². The molecule has 0 bridgehead atoms. The molecule has 1 N–H and O–H groups in total. The topological polar surface area (TPSA) is 29.5 Å². The van der Waals surface area contributed by atoms with Gasteiger partial charge in [0.1, 0.15) is 0 Å². The van der Waals surface area contributed by atoms with Gasteiger partial charge in [-0.3, -0.25) is 0 Å². The lowest BCUT2D eigenvalue weighted by Gasteiger charge is -2.09. The van der Waals surface area contributed by atoms with Crippen molar-refractivity contribution in [2.45, 2.75) is 103 Å². The maximum Gasteiger partial charge on any atom is 0.0888 e. The number of hydrogen-bond donors (Lipinski definition) is 1. The Hall–Kier alpha value is -0.500. The maximum absolute atomic E-state index is 9.45. The molecule has 126 valence electrons. The van der Waals surface area contributed by atoms with E-state index in [0.717, 1.165) is 44.5 Å². The molecule has 0 fully saturated rings. The summed E-state index contributed by atoms with van der Waals surface area (Å²) < 4.78 is 5.68. The summed E-state index contributed by atoms with van der Waals surface area (Å²) in [5.41, 5.74) is 0. The molecule has 0 aromatic heterocycles. The van der Waals surface area contributed by atoms with Crippen LogP contribution in [0.5, 0.6) is 0 Å². The molecule has 0 amide bonds. The van der Waals surface area contributed by atoms with Gasteiger partial charge < -0.3 is 9.84 Å². The van der Waals surface area contributed by atoms with Crippen molar-refractivity contribution >= 4 is 0 Å². The fourth-order valence-corrected chi connectivity index (χ4v) is 2.43. The fourth-order valence-electron chi connectivity index (χ4n) is 2.43. The van der Waals surface area contributed by atoms with E-state index in [1.807, 2.05) is 6.92 Å². The first-order chi connectivity index (χ1) is 10.2. The van der Waals surface area contributed by atoms with Crippen LogP contribution in [0, 0.1) is 0 Å². The predicted octanol–water partition coefficient (Wildman–Crippen LogP) is 5.99. The first-order valence-electron chi connectivity index (χ1n) is 9.19. The Kier molecular flexibility index (Phi) is 15.5. The Morgan fingerprint density at radius 2 is 1.52 bits per heavy atom. The van der Waals surface area contributed by atoms with Crippen LogP contribution in [-0.4, -0.2) is 17.8 Å². The number of ether oxygens (including phenoxy) is 1. The van der Waals surface area contributed by atoms with Crippen LogP contribution in [0.25, 0.3) is 0 Å². The van der Waals surface area contributed by atoms with Gasteiger partial charge in [-0.15, -0.1) is 0 Å². The van der Waals surface area contributed by atoms with Crippen molar-refractivity contribution in [2.24, 2.45) is 0 Å². The van der Waals surface area contributed by atoms with Crippen molar-refractivity contribution in [2.75, 3.05) is 6.61 Å². The molecule has 2 heteroatoms. The molecule has 2 nitrogen and oxygen atoms in total. The van der Waals surface area contributed by atoms with E-state index in [1.165, 1.54) is 51.4 Å². The largest absolute Gasteiger partial charge is 0.499 e. The van der Waals surface area contributed by atoms with Crippen molar-refractivity contribution in [3.05, 3.63) is 12.3 Å². The van der Waals surface area contributed by atoms with E-state index in [1.54, 1.807) is 0 Å². The van der Waals surface area contributed by atoms with Crippen LogP contribution < -0.4 is 0 Å². The van der Waals surface area contributed by atoms with Crippen LogP contribution in [-0.2, 0) is 4.74 Å². The highest BCUT2D eigenvalue weighted by atomic mass is 16.5. The highest BCUT2D eigenvalue weighted by Crippen LogP contribution is 2.12. The van der Waals surface area contributed by atoms with E-state index >= 15 is 0 Å². The van der Waals surface area contributed by atoms with Crippen LogP contribution in [0.1, 0.15) is 97.3 Å². The lowest BCUT2D eigenvalue weighted by atomic mass is 10.1. The van der Waals surface area contributed by atoms with E-state index in [0.29, 0.717) is 0 Å². The minimum absolute atomic E-state index is 0.0889. The third-order valence-corrected chi connectivity index (χ3v) is 4.02. The summed E-state index contributed by atoms with van der Waals surface area (Å²) in [5.74, 6) is 0.970. The summed E-state index contributed by atoms with van der Waals surface area (Å²) in [5, 5.41) is 9.45. The van der Waals surface area contributed by atoms with Gasteiger partial charge >= 0.3 is 0 Å². The third kappa shape index (κ3) is 15.7. The molecular weight excluding hydrogens is 260 g/mol. The Balaban J connectivity index is 3.18. The molecule has 0 saturated carbocycles. The van der Waals surface area contributed by atoms with E-state index in [4.69, 9.17) is 4.74 Å². The minimum atomic E-state index is -0.0889. The summed E-state index contributed by atoms with van der Waals surface area (Å²) in [6.07, 6.45) is 15.3. The Labute approximate surface area is 133 Å². The Morgan fingerprint density at radius 1 is 0.905 bits per heavy atom. The maximum atomic E-state index is 9.45. The molecule has 0 rings (SSSR count). The number of unbranched alkanes of at least 4 members (excludes halogenated alkanes) is 8. The van der Waals surface area contributed by atoms with Crippen molar-refractivity contribution in [1.82, 2.24) is 0 Å². The number of hydrogen-bond acceptors (Lipinski definition) is 2. The van der Waals surface area contributed by atoms with Crippen LogP contribution >= 0.6 is 0 Å². The normalized spacial score (nSPS) is 12.3. The summed E-state index contributed by atoms with van der Waals surface area (Å²) in [6.45, 7) is 9.11. The average molecular weight is 299 g/mol. The van der Waals surface area contributed by atoms with E-state index < -0.39 is 0 Å². The van der Waals surface area contributed by atoms with Crippen molar-refractivity contribution < 1.29 is 9.84 Å². The molecule has 0 radical (unpaired) electrons. The third-order valence-electron chi connectivity index (χ3n) is 4.02. The molecule has 0 heterocycles. The quantitative estimate of drug-likeness (QED) is 0.280. The van der Waals surface area contributed by atoms with Crippen molar-refractivity contribution in [1.29, 1.82) is 0 Å². The zero-order valence-corrected chi connectivity index (χ0v) is 14.5. The van der Waals surface area contributed by atoms with E-state index in [9.17, 15) is 5.11 Å². The zero-order valence-electron chi connectivity index (χ0n) is 14.5. The lowest BCUT2D eigenvalue weighted by molar-refractivity contribution is 0.156. The van der Waals surface area contributed by atoms with Crippen LogP contribution in [0.15, 0.2) is 12.3 Å². The molecule has 0 saturated heterocycles. The van der Waals surface area contributed by atoms with Crippen LogP contribution in [0.4, 0.5) is 0 Å². The second-order valence-electron chi connectivity index (χ2n) is 6.17. The second kappa shape index (κ2) is 15.9. The van der Waals surface area contributed by atoms with Gasteiger partial charge in [0.05, 0.1) is 18.5 Å². The minimum Gasteiger partial charge on any atom is -0.499 e. The first-order valence-corrected chi connectivity index (χ1v) is 9.19. The Bertz CT molecular complexity index is 226. The zero-order chi connectivity index (χ0) is 15.8. The van der Waals surface area contributed by atoms with Crippen molar-refractivity contribution in [3.8, 4) is 0 Å². The molecule has 21 heavy (non-hydrogen) atoms. The van der Waals surface area contributed by atoms with Gasteiger partial charge in [0.2, 0.25) is 0 Å². The van der Waals surface area contributed by atoms with Gasteiger partial charge in [0.15, 0.2) is 0 Å². The number of aliphatic hydroxyl groups is 1. The lowest BCUT2D eigenvalue weighted by Crippen LogP contribution is -2.03. The molecule has 0 aliphatic carbocycles. The number of allylic oxidation sites excluding steroid dienone is 1. The molecular formula is C19H38O2. The van der Waals surface area contributed by atoms with Gasteiger partial charge in [-0.25, -0.2) is 0 Å². The molecule has 0 aromatic carbocycles. The van der Waals surface area contributed by atoms with Crippen LogP contribution in [0.3, 0.4) is 0 Å². The smallest absolute Gasteiger partial charge is 0.0888 e. The SMILES string of the molecule is C=C(CCCCCCC)OCCCCCCCC(O)CC. The number of aliphatic hydroxyl groups excluding tert-OH is 1. The summed E-state index contributed by atoms with van der Waals surface area (Å²) in [4.78, 5) is 0. The van der Waals surface area contributed by atoms with E-state index in [2.05, 4.69) is 13.5 Å². The average Bonchev–Trinajstić information content (AvgIpc) is 2.49. The van der Waals surface area contributed by atoms with Gasteiger partial charge in [0.25, 0.3) is 0 Å². The molecule has 0 aliphatic rings. The second-order valence-corrected chi connectivity index (χ2v) is 6.17. The van der Waals surface area contributed by atoms with Crippen molar-refractivity contribution in [3.63, 3.8) is 0 Å². The summed E-state index contributed by atoms with van der Waals surface area (Å²) in [7, 11) is 0. The van der Waals surface area contributed by atoms with Gasteiger partial charge in [-0.05, 0) is 25.7 Å². The predicted molar refractivity (Wildman–Crippen MR) is 92.5 cm³/mol. The molecule has 1 unspecified atom stereocenters. The summed E-state index contributed by atoms with van der Waals surface area (Å²) >= 11 is 0. The molecule has 1 atom stereocenters. The van der Waals surface area contributed by atoms with Crippen LogP contribution in [0.2, 0.25) is 0 Å². The molecule has 0 aliphatic heterocycles. The van der Waals surface area contributed by atoms with Gasteiger partial charge in [-0.1, -0.05) is 71.8 Å². The molecule has 0 aromatic rings.